The average molecular weight is 729 g/mol. The number of allylic oxidation sites excluding steroid dienone is 2. The van der Waals surface area contributed by atoms with Crippen molar-refractivity contribution >= 4 is 27.7 Å². The first-order valence-electron chi connectivity index (χ1n) is 18.0. The predicted molar refractivity (Wildman–Crippen MR) is 194 cm³/mol. The second kappa shape index (κ2) is 16.9. The molecular formula is C38H56N4O8S. The molecule has 1 fully saturated rings. The summed E-state index contributed by atoms with van der Waals surface area (Å²) in [5, 5.41) is 28.0. The van der Waals surface area contributed by atoms with Crippen molar-refractivity contribution in [3.8, 4) is 0 Å². The summed E-state index contributed by atoms with van der Waals surface area (Å²) in [5.41, 5.74) is 0.307. The number of carbonyl (C=O) groups is 3. The minimum Gasteiger partial charge on any atom is -0.443 e. The highest BCUT2D eigenvalue weighted by atomic mass is 32.2. The quantitative estimate of drug-likeness (QED) is 0.197. The van der Waals surface area contributed by atoms with E-state index >= 15 is 0 Å². The maximum atomic E-state index is 14.2. The van der Waals surface area contributed by atoms with Crippen LogP contribution in [0.3, 0.4) is 0 Å². The van der Waals surface area contributed by atoms with Crippen LogP contribution in [0.15, 0.2) is 55.0 Å². The van der Waals surface area contributed by atoms with Gasteiger partial charge in [-0.2, -0.15) is 0 Å². The number of benzene rings is 1. The summed E-state index contributed by atoms with van der Waals surface area (Å²) < 4.78 is 32.3. The summed E-state index contributed by atoms with van der Waals surface area (Å²) in [4.78, 5) is 45.4. The van der Waals surface area contributed by atoms with Crippen LogP contribution in [0.4, 0.5) is 4.79 Å². The summed E-state index contributed by atoms with van der Waals surface area (Å²) >= 11 is 0. The van der Waals surface area contributed by atoms with Gasteiger partial charge < -0.3 is 25.6 Å². The number of sulfone groups is 1. The normalized spacial score (nSPS) is 19.7. The van der Waals surface area contributed by atoms with Crippen molar-refractivity contribution in [1.29, 1.82) is 0 Å². The van der Waals surface area contributed by atoms with E-state index in [0.717, 1.165) is 42.2 Å². The summed E-state index contributed by atoms with van der Waals surface area (Å²) in [6.07, 6.45) is 8.51. The fourth-order valence-corrected chi connectivity index (χ4v) is 7.48. The molecule has 2 aliphatic carbocycles. The molecule has 0 aliphatic heterocycles. The molecule has 12 nitrogen and oxygen atoms in total. The van der Waals surface area contributed by atoms with E-state index in [4.69, 9.17) is 4.74 Å². The van der Waals surface area contributed by atoms with Gasteiger partial charge in [-0.25, -0.2) is 22.8 Å². The molecule has 1 saturated carbocycles. The van der Waals surface area contributed by atoms with Gasteiger partial charge in [0, 0.05) is 12.6 Å². The number of ether oxygens (including phenoxy) is 1. The third kappa shape index (κ3) is 12.0. The molecule has 13 heteroatoms. The van der Waals surface area contributed by atoms with Crippen LogP contribution >= 0.6 is 0 Å². The van der Waals surface area contributed by atoms with Crippen molar-refractivity contribution in [1.82, 2.24) is 20.2 Å². The second-order valence-corrected chi connectivity index (χ2v) is 18.9. The first-order valence-corrected chi connectivity index (χ1v) is 19.6. The molecule has 2 amide bonds. The summed E-state index contributed by atoms with van der Waals surface area (Å²) in [6, 6.07) is 7.02. The highest BCUT2D eigenvalue weighted by Gasteiger charge is 2.41. The number of imidazole rings is 1. The summed E-state index contributed by atoms with van der Waals surface area (Å²) in [7, 11) is -3.75. The molecule has 1 aromatic heterocycles. The number of aromatic nitrogens is 2. The molecule has 2 aliphatic rings. The average Bonchev–Trinajstić information content (AvgIpc) is 3.80. The fourth-order valence-electron chi connectivity index (χ4n) is 6.18. The van der Waals surface area contributed by atoms with Crippen LogP contribution in [-0.4, -0.2) is 86.5 Å². The molecule has 0 unspecified atom stereocenters. The van der Waals surface area contributed by atoms with Crippen LogP contribution in [0.2, 0.25) is 0 Å². The number of carbonyl (C=O) groups excluding carboxylic acids is 3. The smallest absolute Gasteiger partial charge is 0.419 e. The number of amides is 2. The van der Waals surface area contributed by atoms with Crippen molar-refractivity contribution in [2.45, 2.75) is 128 Å². The van der Waals surface area contributed by atoms with Crippen molar-refractivity contribution in [2.75, 3.05) is 5.75 Å². The Balaban J connectivity index is 1.63. The van der Waals surface area contributed by atoms with E-state index in [2.05, 4.69) is 27.8 Å². The Morgan fingerprint density at radius 1 is 0.961 bits per heavy atom. The Kier molecular flexibility index (Phi) is 13.3. The van der Waals surface area contributed by atoms with E-state index in [9.17, 15) is 33.0 Å². The maximum absolute atomic E-state index is 14.2. The van der Waals surface area contributed by atoms with Gasteiger partial charge in [0.25, 0.3) is 0 Å². The molecule has 51 heavy (non-hydrogen) atoms. The topological polar surface area (TPSA) is 177 Å². The number of aliphatic hydroxyl groups excluding tert-OH is 2. The Bertz CT molecular complexity index is 1620. The minimum atomic E-state index is -3.75. The van der Waals surface area contributed by atoms with Gasteiger partial charge in [-0.3, -0.25) is 9.59 Å². The minimum absolute atomic E-state index is 0.0403. The Hall–Kier alpha value is -3.55. The monoisotopic (exact) mass is 728 g/mol. The summed E-state index contributed by atoms with van der Waals surface area (Å²) in [5.74, 6) is -2.59. The molecule has 0 radical (unpaired) electrons. The lowest BCUT2D eigenvalue weighted by molar-refractivity contribution is -0.132. The van der Waals surface area contributed by atoms with Crippen LogP contribution in [0.25, 0.3) is 0 Å². The van der Waals surface area contributed by atoms with E-state index in [1.165, 1.54) is 12.5 Å². The standard InChI is InChI=1S/C38H56N4O8S/c1-37(2,3)50-36(47)42-22-29(39-24-42)21-31(35(46)40-30(20-26-15-11-8-12-16-26)33(44)32(43)27-17-18-27)41-34(45)28(19-25-13-9-7-10-14-25)23-51(48,49)38(4,5)6/h7-11,13-14,22,24,26-28,30-33,43-44H,12,15-21,23H2,1-6H3,(H,40,46)(H,41,45)/t26-,28-,30+,31+,32+,33-/m1/s1. The van der Waals surface area contributed by atoms with Gasteiger partial charge in [0.2, 0.25) is 11.8 Å². The highest BCUT2D eigenvalue weighted by molar-refractivity contribution is 7.92. The largest absolute Gasteiger partial charge is 0.443 e. The predicted octanol–water partition coefficient (Wildman–Crippen LogP) is 4.13. The van der Waals surface area contributed by atoms with Gasteiger partial charge in [-0.1, -0.05) is 42.5 Å². The lowest BCUT2D eigenvalue weighted by atomic mass is 9.85. The van der Waals surface area contributed by atoms with E-state index in [1.54, 1.807) is 41.5 Å². The van der Waals surface area contributed by atoms with Crippen LogP contribution in [-0.2, 0) is 37.0 Å². The molecule has 1 heterocycles. The van der Waals surface area contributed by atoms with Gasteiger partial charge in [0.1, 0.15) is 24.1 Å². The van der Waals surface area contributed by atoms with Crippen molar-refractivity contribution < 1.29 is 37.8 Å². The van der Waals surface area contributed by atoms with Gasteiger partial charge in [0.15, 0.2) is 9.84 Å². The molecule has 2 aromatic rings. The Labute approximate surface area is 302 Å². The Morgan fingerprint density at radius 3 is 2.24 bits per heavy atom. The lowest BCUT2D eigenvalue weighted by Crippen LogP contribution is -2.57. The highest BCUT2D eigenvalue weighted by Crippen LogP contribution is 2.36. The Morgan fingerprint density at radius 2 is 1.65 bits per heavy atom. The van der Waals surface area contributed by atoms with E-state index in [-0.39, 0.29) is 24.7 Å². The third-order valence-corrected chi connectivity index (χ3v) is 12.2. The molecule has 1 aromatic carbocycles. The number of hydrogen-bond donors (Lipinski definition) is 4. The number of nitrogens with zero attached hydrogens (tertiary/aromatic N) is 2. The van der Waals surface area contributed by atoms with Crippen molar-refractivity contribution in [3.05, 3.63) is 66.3 Å². The zero-order valence-corrected chi connectivity index (χ0v) is 31.6. The van der Waals surface area contributed by atoms with Crippen LogP contribution < -0.4 is 10.6 Å². The third-order valence-electron chi connectivity index (χ3n) is 9.50. The van der Waals surface area contributed by atoms with E-state index in [0.29, 0.717) is 12.1 Å². The zero-order chi connectivity index (χ0) is 37.6. The number of aliphatic hydroxyl groups is 2. The van der Waals surface area contributed by atoms with Crippen LogP contribution in [0, 0.1) is 17.8 Å². The second-order valence-electron chi connectivity index (χ2n) is 16.1. The lowest BCUT2D eigenvalue weighted by Gasteiger charge is -2.33. The van der Waals surface area contributed by atoms with E-state index < -0.39 is 74.1 Å². The SMILES string of the molecule is CC(C)(C)OC(=O)n1cnc(C[C@H](NC(=O)[C@H](Cc2ccccc2)CS(=O)(=O)C(C)(C)C)C(=O)N[C@@H](C[C@@H]2CC=CCC2)[C@@H](O)[C@@H](O)C2CC2)c1. The number of hydrogen-bond acceptors (Lipinski definition) is 9. The number of rotatable bonds is 15. The molecule has 0 spiro atoms. The van der Waals surface area contributed by atoms with Gasteiger partial charge in [-0.15, -0.1) is 0 Å². The van der Waals surface area contributed by atoms with Crippen LogP contribution in [0.5, 0.6) is 0 Å². The first kappa shape index (κ1) is 40.2. The molecular weight excluding hydrogens is 673 g/mol. The van der Waals surface area contributed by atoms with Crippen molar-refractivity contribution in [3.63, 3.8) is 0 Å². The number of nitrogens with one attached hydrogen (secondary N) is 2. The summed E-state index contributed by atoms with van der Waals surface area (Å²) in [6.45, 7) is 9.96. The first-order chi connectivity index (χ1) is 23.8. The van der Waals surface area contributed by atoms with Crippen molar-refractivity contribution in [2.24, 2.45) is 17.8 Å². The molecule has 4 N–H and O–H groups in total. The molecule has 4 rings (SSSR count). The molecule has 0 saturated heterocycles. The fraction of sp³-hybridized carbons (Fsp3) is 0.632. The molecule has 0 bridgehead atoms. The van der Waals surface area contributed by atoms with E-state index in [1.807, 2.05) is 30.3 Å². The van der Waals surface area contributed by atoms with Gasteiger partial charge in [0.05, 0.1) is 34.3 Å². The zero-order valence-electron chi connectivity index (χ0n) is 30.7. The maximum Gasteiger partial charge on any atom is 0.419 e. The van der Waals surface area contributed by atoms with Gasteiger partial charge >= 0.3 is 6.09 Å². The van der Waals surface area contributed by atoms with Gasteiger partial charge in [-0.05, 0) is 104 Å². The van der Waals surface area contributed by atoms with Crippen LogP contribution in [0.1, 0.15) is 91.3 Å². The molecule has 282 valence electrons. The molecule has 6 atom stereocenters.